The number of furan rings is 1. The van der Waals surface area contributed by atoms with Crippen molar-refractivity contribution in [1.29, 1.82) is 0 Å². The van der Waals surface area contributed by atoms with Crippen molar-refractivity contribution in [3.05, 3.63) is 96.3 Å². The predicted octanol–water partition coefficient (Wildman–Crippen LogP) is 3.87. The van der Waals surface area contributed by atoms with Crippen LogP contribution in [0.15, 0.2) is 83.6 Å². The number of piperazine rings is 1. The van der Waals surface area contributed by atoms with E-state index in [1.165, 1.54) is 18.4 Å². The molecule has 2 amide bonds. The Morgan fingerprint density at radius 1 is 0.818 bits per heavy atom. The molecule has 0 saturated carbocycles. The zero-order valence-corrected chi connectivity index (χ0v) is 17.7. The van der Waals surface area contributed by atoms with Crippen molar-refractivity contribution in [3.8, 4) is 16.9 Å². The maximum Gasteiger partial charge on any atom is 0.289 e. The largest absolute Gasteiger partial charge is 0.459 e. The van der Waals surface area contributed by atoms with Gasteiger partial charge in [-0.15, -0.1) is 0 Å². The molecule has 1 fully saturated rings. The van der Waals surface area contributed by atoms with Gasteiger partial charge in [0, 0.05) is 37.9 Å². The molecule has 0 atom stereocenters. The van der Waals surface area contributed by atoms with Gasteiger partial charge in [-0.3, -0.25) is 9.59 Å². The molecule has 1 saturated heterocycles. The van der Waals surface area contributed by atoms with E-state index in [-0.39, 0.29) is 23.4 Å². The number of amides is 2. The number of carbonyl (C=O) groups is 2. The third kappa shape index (κ3) is 4.15. The Hall–Kier alpha value is -4.20. The maximum atomic E-state index is 13.5. The summed E-state index contributed by atoms with van der Waals surface area (Å²) >= 11 is 0. The summed E-state index contributed by atoms with van der Waals surface area (Å²) in [6.07, 6.45) is 3.17. The van der Waals surface area contributed by atoms with Gasteiger partial charge in [-0.25, -0.2) is 9.07 Å². The van der Waals surface area contributed by atoms with Crippen LogP contribution in [-0.2, 0) is 0 Å². The number of hydrogen-bond donors (Lipinski definition) is 0. The Labute approximate surface area is 189 Å². The fourth-order valence-corrected chi connectivity index (χ4v) is 3.90. The van der Waals surface area contributed by atoms with Crippen molar-refractivity contribution in [1.82, 2.24) is 19.6 Å². The normalized spacial score (nSPS) is 13.8. The van der Waals surface area contributed by atoms with Crippen molar-refractivity contribution < 1.29 is 18.4 Å². The average molecular weight is 444 g/mol. The third-order valence-electron chi connectivity index (χ3n) is 5.67. The molecule has 1 aliphatic rings. The molecule has 4 aromatic rings. The van der Waals surface area contributed by atoms with Crippen molar-refractivity contribution in [2.45, 2.75) is 0 Å². The van der Waals surface area contributed by atoms with E-state index in [2.05, 4.69) is 5.10 Å². The number of halogens is 1. The highest BCUT2D eigenvalue weighted by Crippen LogP contribution is 2.26. The van der Waals surface area contributed by atoms with Gasteiger partial charge in [0.2, 0.25) is 0 Å². The molecule has 0 aliphatic carbocycles. The van der Waals surface area contributed by atoms with E-state index in [1.807, 2.05) is 30.3 Å². The van der Waals surface area contributed by atoms with Crippen LogP contribution in [0.4, 0.5) is 4.39 Å². The molecule has 166 valence electrons. The Balaban J connectivity index is 1.41. The first-order chi connectivity index (χ1) is 16.1. The minimum Gasteiger partial charge on any atom is -0.459 e. The Kier molecular flexibility index (Phi) is 5.48. The number of carbonyl (C=O) groups excluding carboxylic acids is 2. The van der Waals surface area contributed by atoms with E-state index in [4.69, 9.17) is 4.42 Å². The molecule has 0 bridgehead atoms. The summed E-state index contributed by atoms with van der Waals surface area (Å²) in [6.45, 7) is 1.60. The smallest absolute Gasteiger partial charge is 0.289 e. The molecule has 5 rings (SSSR count). The first-order valence-corrected chi connectivity index (χ1v) is 10.6. The highest BCUT2D eigenvalue weighted by molar-refractivity contribution is 6.00. The molecular weight excluding hydrogens is 423 g/mol. The molecule has 7 nitrogen and oxygen atoms in total. The SMILES string of the molecule is O=C(c1ccco1)N1CCN(C(=O)c2cn(-c3ccccc3)nc2-c2ccc(F)cc2)CC1. The molecule has 0 N–H and O–H groups in total. The lowest BCUT2D eigenvalue weighted by Gasteiger charge is -2.34. The second kappa shape index (κ2) is 8.74. The van der Waals surface area contributed by atoms with Crippen LogP contribution in [0.25, 0.3) is 16.9 Å². The maximum absolute atomic E-state index is 13.5. The van der Waals surface area contributed by atoms with Gasteiger partial charge >= 0.3 is 0 Å². The lowest BCUT2D eigenvalue weighted by Crippen LogP contribution is -2.50. The number of rotatable bonds is 4. The van der Waals surface area contributed by atoms with Gasteiger partial charge in [0.15, 0.2) is 5.76 Å². The summed E-state index contributed by atoms with van der Waals surface area (Å²) in [5, 5.41) is 4.64. The lowest BCUT2D eigenvalue weighted by molar-refractivity contribution is 0.0518. The Morgan fingerprint density at radius 2 is 1.48 bits per heavy atom. The van der Waals surface area contributed by atoms with Gasteiger partial charge in [-0.1, -0.05) is 18.2 Å². The second-order valence-corrected chi connectivity index (χ2v) is 7.74. The molecule has 8 heteroatoms. The van der Waals surface area contributed by atoms with Gasteiger partial charge in [0.25, 0.3) is 11.8 Å². The van der Waals surface area contributed by atoms with E-state index in [0.29, 0.717) is 43.0 Å². The summed E-state index contributed by atoms with van der Waals surface area (Å²) in [4.78, 5) is 29.4. The van der Waals surface area contributed by atoms with Crippen LogP contribution < -0.4 is 0 Å². The molecule has 3 heterocycles. The summed E-state index contributed by atoms with van der Waals surface area (Å²) in [6, 6.07) is 18.7. The number of benzene rings is 2. The fourth-order valence-electron chi connectivity index (χ4n) is 3.90. The summed E-state index contributed by atoms with van der Waals surface area (Å²) in [5.74, 6) is -0.429. The van der Waals surface area contributed by atoms with Crippen molar-refractivity contribution in [3.63, 3.8) is 0 Å². The van der Waals surface area contributed by atoms with Crippen LogP contribution in [0.1, 0.15) is 20.9 Å². The topological polar surface area (TPSA) is 71.6 Å². The summed E-state index contributed by atoms with van der Waals surface area (Å²) in [7, 11) is 0. The molecule has 2 aromatic carbocycles. The van der Waals surface area contributed by atoms with Crippen LogP contribution in [0.3, 0.4) is 0 Å². The fraction of sp³-hybridized carbons (Fsp3) is 0.160. The molecular formula is C25H21FN4O3. The molecule has 33 heavy (non-hydrogen) atoms. The van der Waals surface area contributed by atoms with E-state index in [1.54, 1.807) is 44.9 Å². The third-order valence-corrected chi connectivity index (χ3v) is 5.67. The Bertz CT molecular complexity index is 1260. The second-order valence-electron chi connectivity index (χ2n) is 7.74. The van der Waals surface area contributed by atoms with Gasteiger partial charge in [-0.05, 0) is 48.5 Å². The molecule has 0 radical (unpaired) electrons. The minimum absolute atomic E-state index is 0.179. The molecule has 0 unspecified atom stereocenters. The van der Waals surface area contributed by atoms with Gasteiger partial charge in [0.1, 0.15) is 11.5 Å². The zero-order chi connectivity index (χ0) is 22.8. The van der Waals surface area contributed by atoms with E-state index >= 15 is 0 Å². The minimum atomic E-state index is -0.355. The van der Waals surface area contributed by atoms with E-state index in [0.717, 1.165) is 5.69 Å². The summed E-state index contributed by atoms with van der Waals surface area (Å²) < 4.78 is 20.3. The van der Waals surface area contributed by atoms with Gasteiger partial charge in [0.05, 0.1) is 17.5 Å². The molecule has 0 spiro atoms. The predicted molar refractivity (Wildman–Crippen MR) is 119 cm³/mol. The first kappa shape index (κ1) is 20.7. The van der Waals surface area contributed by atoms with Gasteiger partial charge < -0.3 is 14.2 Å². The molecule has 2 aromatic heterocycles. The number of hydrogen-bond acceptors (Lipinski definition) is 4. The van der Waals surface area contributed by atoms with E-state index < -0.39 is 0 Å². The highest BCUT2D eigenvalue weighted by Gasteiger charge is 2.29. The first-order valence-electron chi connectivity index (χ1n) is 10.6. The Morgan fingerprint density at radius 3 is 2.12 bits per heavy atom. The van der Waals surface area contributed by atoms with Crippen LogP contribution in [0, 0.1) is 5.82 Å². The van der Waals surface area contributed by atoms with E-state index in [9.17, 15) is 14.0 Å². The van der Waals surface area contributed by atoms with Crippen molar-refractivity contribution in [2.75, 3.05) is 26.2 Å². The monoisotopic (exact) mass is 444 g/mol. The standard InChI is InChI=1S/C25H21FN4O3/c26-19-10-8-18(9-11-19)23-21(17-30(27-23)20-5-2-1-3-6-20)24(31)28-12-14-29(15-13-28)25(32)22-7-4-16-33-22/h1-11,16-17H,12-15H2. The zero-order valence-electron chi connectivity index (χ0n) is 17.7. The lowest BCUT2D eigenvalue weighted by atomic mass is 10.1. The van der Waals surface area contributed by atoms with Crippen molar-refractivity contribution >= 4 is 11.8 Å². The average Bonchev–Trinajstić information content (AvgIpc) is 3.55. The van der Waals surface area contributed by atoms with Crippen LogP contribution >= 0.6 is 0 Å². The number of para-hydroxylation sites is 1. The van der Waals surface area contributed by atoms with Gasteiger partial charge in [-0.2, -0.15) is 5.10 Å². The summed E-state index contributed by atoms with van der Waals surface area (Å²) in [5.41, 5.74) is 2.38. The molecule has 1 aliphatic heterocycles. The van der Waals surface area contributed by atoms with Crippen LogP contribution in [0.5, 0.6) is 0 Å². The number of aromatic nitrogens is 2. The number of nitrogens with zero attached hydrogens (tertiary/aromatic N) is 4. The quantitative estimate of drug-likeness (QED) is 0.479. The van der Waals surface area contributed by atoms with Crippen LogP contribution in [-0.4, -0.2) is 57.6 Å². The van der Waals surface area contributed by atoms with Crippen molar-refractivity contribution in [2.24, 2.45) is 0 Å². The van der Waals surface area contributed by atoms with Crippen LogP contribution in [0.2, 0.25) is 0 Å². The highest BCUT2D eigenvalue weighted by atomic mass is 19.1.